The van der Waals surface area contributed by atoms with Crippen LogP contribution in [0.15, 0.2) is 23.2 Å². The number of hydrogen-bond donors (Lipinski definition) is 11. The van der Waals surface area contributed by atoms with Gasteiger partial charge in [0.2, 0.25) is 58.2 Å². The van der Waals surface area contributed by atoms with Gasteiger partial charge in [-0.3, -0.25) is 47.9 Å². The molecule has 0 radical (unpaired) electrons. The van der Waals surface area contributed by atoms with E-state index in [-0.39, 0.29) is 40.2 Å². The number of nitrogens with zero attached hydrogens (tertiary/aromatic N) is 2. The highest BCUT2D eigenvalue weighted by molar-refractivity contribution is 7.91. The van der Waals surface area contributed by atoms with E-state index in [1.807, 2.05) is 0 Å². The molecule has 3 aliphatic heterocycles. The van der Waals surface area contributed by atoms with Crippen LogP contribution >= 0.6 is 0 Å². The van der Waals surface area contributed by atoms with Crippen LogP contribution in [0.3, 0.4) is 0 Å². The van der Waals surface area contributed by atoms with E-state index in [4.69, 9.17) is 15.2 Å². The number of methoxy groups -OCH3 is 1. The lowest BCUT2D eigenvalue weighted by Crippen LogP contribution is -2.62. The first-order chi connectivity index (χ1) is 34.8. The maximum atomic E-state index is 15.5. The molecule has 11 atom stereocenters. The van der Waals surface area contributed by atoms with E-state index in [0.29, 0.717) is 6.42 Å². The molecule has 1 aromatic carbocycles. The number of aryl methyl sites for hydroxylation is 1. The molecule has 3 aliphatic rings. The monoisotopic (exact) mass is 1060 g/mol. The van der Waals surface area contributed by atoms with Crippen LogP contribution in [0, 0.1) is 11.8 Å². The lowest BCUT2D eigenvalue weighted by atomic mass is 9.93. The van der Waals surface area contributed by atoms with Gasteiger partial charge in [-0.2, -0.15) is 0 Å². The van der Waals surface area contributed by atoms with Crippen LogP contribution in [0.25, 0.3) is 10.9 Å². The maximum Gasteiger partial charge on any atom is 0.308 e. The molecule has 0 spiro atoms. The minimum absolute atomic E-state index is 0.0632. The van der Waals surface area contributed by atoms with Gasteiger partial charge in [0.15, 0.2) is 6.04 Å². The number of carbonyl (C=O) groups excluding carboxylic acids is 10. The number of fused-ring (bicyclic) bond motifs is 5. The minimum atomic E-state index is -2.52. The van der Waals surface area contributed by atoms with Crippen molar-refractivity contribution in [1.29, 1.82) is 0 Å². The quantitative estimate of drug-likeness (QED) is 0.0748. The number of nitrogens with one attached hydrogen (secondary N) is 7. The van der Waals surface area contributed by atoms with Gasteiger partial charge in [0, 0.05) is 60.0 Å². The van der Waals surface area contributed by atoms with Crippen LogP contribution in [0.4, 0.5) is 0 Å². The number of aliphatic hydroxyl groups excluding tert-OH is 3. The molecule has 9 amide bonds. The Labute approximate surface area is 429 Å². The van der Waals surface area contributed by atoms with Crippen LogP contribution < -0.4 is 47.7 Å². The molecule has 2 bridgehead atoms. The third kappa shape index (κ3) is 14.6. The number of amides is 9. The first kappa shape index (κ1) is 58.3. The van der Waals surface area contributed by atoms with Gasteiger partial charge in [-0.1, -0.05) is 27.2 Å². The summed E-state index contributed by atoms with van der Waals surface area (Å²) in [4.78, 5) is 141. The molecule has 12 N–H and O–H groups in total. The molecular formula is C47H68N10O16S. The SMILES string of the molecule is CC[C@H](C)[C@@H]1NC(=O)CNC(=O)C2Cc3c(n(CCC(=O)OC(C)(C)C)c4cc(OC)ccc34)[S@+]([O-])CC(NC(=O)CNC1=O)C(=O)N[C@@H](CC(N)=O)C(=O)N1CC(O)C[C@H]1C(=O)N[C@@H]([C@@H](C)[C@@H](O)CO)C(=O)N2. The highest BCUT2D eigenvalue weighted by Gasteiger charge is 2.46. The Morgan fingerprint density at radius 3 is 2.18 bits per heavy atom. The normalized spacial score (nSPS) is 26.4. The van der Waals surface area contributed by atoms with Crippen molar-refractivity contribution in [2.45, 2.75) is 139 Å². The summed E-state index contributed by atoms with van der Waals surface area (Å²) in [5.74, 6) is -12.6. The Morgan fingerprint density at radius 2 is 1.55 bits per heavy atom. The molecule has 26 nitrogen and oxygen atoms in total. The van der Waals surface area contributed by atoms with Crippen molar-refractivity contribution in [3.8, 4) is 5.75 Å². The highest BCUT2D eigenvalue weighted by atomic mass is 32.2. The summed E-state index contributed by atoms with van der Waals surface area (Å²) in [5.41, 5.74) is 4.96. The Kier molecular flexibility index (Phi) is 19.8. The molecule has 408 valence electrons. The summed E-state index contributed by atoms with van der Waals surface area (Å²) in [7, 11) is 1.38. The van der Waals surface area contributed by atoms with Gasteiger partial charge in [0.25, 0.3) is 0 Å². The van der Waals surface area contributed by atoms with Gasteiger partial charge in [-0.05, 0) is 38.8 Å². The van der Waals surface area contributed by atoms with Crippen molar-refractivity contribution in [1.82, 2.24) is 46.7 Å². The summed E-state index contributed by atoms with van der Waals surface area (Å²) >= 11 is -2.52. The molecule has 1 saturated heterocycles. The zero-order valence-electron chi connectivity index (χ0n) is 42.3. The third-order valence-electron chi connectivity index (χ3n) is 13.0. The second kappa shape index (κ2) is 25.1. The molecule has 2 aromatic rings. The number of esters is 1. The van der Waals surface area contributed by atoms with Crippen molar-refractivity contribution in [3.63, 3.8) is 0 Å². The molecular weight excluding hydrogens is 993 g/mol. The molecule has 0 saturated carbocycles. The van der Waals surface area contributed by atoms with Crippen molar-refractivity contribution in [2.75, 3.05) is 39.1 Å². The van der Waals surface area contributed by atoms with Gasteiger partial charge in [0.05, 0.1) is 57.4 Å². The van der Waals surface area contributed by atoms with E-state index in [1.54, 1.807) is 40.7 Å². The number of primary amides is 1. The molecule has 1 aromatic heterocycles. The second-order valence-corrected chi connectivity index (χ2v) is 21.1. The Morgan fingerprint density at radius 1 is 0.892 bits per heavy atom. The first-order valence-electron chi connectivity index (χ1n) is 24.2. The Balaban J connectivity index is 1.83. The topological polar surface area (TPSA) is 391 Å². The van der Waals surface area contributed by atoms with Gasteiger partial charge >= 0.3 is 5.97 Å². The largest absolute Gasteiger partial charge is 0.610 e. The summed E-state index contributed by atoms with van der Waals surface area (Å²) < 4.78 is 28.0. The van der Waals surface area contributed by atoms with Gasteiger partial charge < -0.3 is 81.8 Å². The smallest absolute Gasteiger partial charge is 0.308 e. The van der Waals surface area contributed by atoms with E-state index >= 15 is 4.55 Å². The molecule has 27 heteroatoms. The summed E-state index contributed by atoms with van der Waals surface area (Å²) in [6, 6.07) is -5.64. The van der Waals surface area contributed by atoms with Crippen molar-refractivity contribution in [3.05, 3.63) is 23.8 Å². The molecule has 1 fully saturated rings. The van der Waals surface area contributed by atoms with Gasteiger partial charge in [0.1, 0.15) is 47.3 Å². The van der Waals surface area contributed by atoms with Crippen molar-refractivity contribution >= 4 is 81.2 Å². The predicted octanol–water partition coefficient (Wildman–Crippen LogP) is -4.41. The number of hydrogen-bond acceptors (Lipinski definition) is 16. The van der Waals surface area contributed by atoms with Crippen LogP contribution in [0.2, 0.25) is 0 Å². The number of carbonyl (C=O) groups is 10. The van der Waals surface area contributed by atoms with Gasteiger partial charge in [-0.15, -0.1) is 0 Å². The predicted molar refractivity (Wildman–Crippen MR) is 261 cm³/mol. The molecule has 3 unspecified atom stereocenters. The molecule has 4 heterocycles. The van der Waals surface area contributed by atoms with Crippen LogP contribution in [-0.4, -0.2) is 182 Å². The Bertz CT molecular complexity index is 2480. The van der Waals surface area contributed by atoms with E-state index < -0.39 is 187 Å². The summed E-state index contributed by atoms with van der Waals surface area (Å²) in [6.07, 6.45) is -4.96. The number of ether oxygens (including phenoxy) is 2. The van der Waals surface area contributed by atoms with Crippen molar-refractivity contribution < 1.29 is 77.3 Å². The van der Waals surface area contributed by atoms with E-state index in [9.17, 15) is 63.3 Å². The number of benzene rings is 1. The van der Waals surface area contributed by atoms with Crippen LogP contribution in [0.5, 0.6) is 5.75 Å². The average molecular weight is 1060 g/mol. The van der Waals surface area contributed by atoms with Crippen LogP contribution in [-0.2, 0) is 76.8 Å². The maximum absolute atomic E-state index is 15.5. The fourth-order valence-electron chi connectivity index (χ4n) is 8.86. The highest BCUT2D eigenvalue weighted by Crippen LogP contribution is 2.35. The van der Waals surface area contributed by atoms with Gasteiger partial charge in [-0.25, -0.2) is 0 Å². The summed E-state index contributed by atoms with van der Waals surface area (Å²) in [5, 5.41) is 49.2. The fourth-order valence-corrected chi connectivity index (χ4v) is 10.5. The lowest BCUT2D eigenvalue weighted by Gasteiger charge is -2.33. The molecule has 74 heavy (non-hydrogen) atoms. The molecule has 5 rings (SSSR count). The number of aromatic nitrogens is 1. The van der Waals surface area contributed by atoms with Crippen LogP contribution in [0.1, 0.15) is 72.8 Å². The summed E-state index contributed by atoms with van der Waals surface area (Å²) in [6.45, 7) is 6.32. The first-order valence-corrected chi connectivity index (χ1v) is 25.5. The zero-order chi connectivity index (χ0) is 54.9. The average Bonchev–Trinajstić information content (AvgIpc) is 3.88. The van der Waals surface area contributed by atoms with Crippen molar-refractivity contribution in [2.24, 2.45) is 17.6 Å². The number of nitrogens with two attached hydrogens (primary N) is 1. The van der Waals surface area contributed by atoms with E-state index in [1.165, 1.54) is 30.7 Å². The fraction of sp³-hybridized carbons (Fsp3) is 0.617. The van der Waals surface area contributed by atoms with E-state index in [0.717, 1.165) is 4.90 Å². The second-order valence-electron chi connectivity index (χ2n) is 19.6. The van der Waals surface area contributed by atoms with E-state index in [2.05, 4.69) is 37.2 Å². The number of aliphatic hydroxyl groups is 3. The Hall–Kier alpha value is -6.55. The minimum Gasteiger partial charge on any atom is -0.610 e. The third-order valence-corrected chi connectivity index (χ3v) is 14.5. The number of rotatable bonds is 11. The standard InChI is InChI=1S/C47H68N10O16S/c1-8-22(2)38-43(68)50-17-35(62)51-30-21-74(71)46-27(26-10-9-25(72-7)14-31(26)56(46)12-11-37(64)73-47(4,5)6)15-28(40(65)49-18-36(63)54-38)52-44(69)39(23(3)33(60)20-58)55-42(67)32-13-24(59)19-57(32)45(70)29(16-34(48)61)53-41(30)66/h9-10,14,22-24,28-30,32-33,38-39,58-60H,8,11-13,15-21H2,1-7H3,(H2,48,61)(H,49,65)(H,50,68)(H,51,62)(H,52,69)(H,53,66)(H,54,63)(H,55,67)/t22-,23-,24?,28?,29-,30?,32-,33-,38-,39-,74+/m0/s1. The molecule has 0 aliphatic carbocycles. The lowest BCUT2D eigenvalue weighted by molar-refractivity contribution is -0.155. The zero-order valence-corrected chi connectivity index (χ0v) is 43.1.